The van der Waals surface area contributed by atoms with Crippen LogP contribution in [0.1, 0.15) is 35.9 Å². The Morgan fingerprint density at radius 2 is 2.19 bits per heavy atom. The van der Waals surface area contributed by atoms with E-state index < -0.39 is 0 Å². The summed E-state index contributed by atoms with van der Waals surface area (Å²) in [6.07, 6.45) is 2.63. The molecule has 8 heteroatoms. The van der Waals surface area contributed by atoms with E-state index in [4.69, 9.17) is 0 Å². The molecule has 1 saturated heterocycles. The maximum Gasteiger partial charge on any atom is 0.226 e. The fraction of sp³-hybridized carbons (Fsp3) is 0.500. The van der Waals surface area contributed by atoms with Crippen molar-refractivity contribution in [3.8, 4) is 10.6 Å². The lowest BCUT2D eigenvalue weighted by molar-refractivity contribution is -0.119. The van der Waals surface area contributed by atoms with Gasteiger partial charge in [0.15, 0.2) is 5.13 Å². The Bertz CT molecular complexity index is 778. The maximum atomic E-state index is 12.2. The van der Waals surface area contributed by atoms with E-state index in [0.29, 0.717) is 24.0 Å². The number of rotatable bonds is 7. The van der Waals surface area contributed by atoms with E-state index in [-0.39, 0.29) is 11.8 Å². The number of thiazole rings is 1. The van der Waals surface area contributed by atoms with Gasteiger partial charge >= 0.3 is 0 Å². The van der Waals surface area contributed by atoms with Gasteiger partial charge in [-0.3, -0.25) is 9.59 Å². The standard InChI is InChI=1S/C18H24N4O2S2/c1-11-17(15-5-4-14(26-15)10-20-12(2)23)22-18(25-11)21-16(24)6-3-13-7-8-19-9-13/h4-5,13,19H,3,6-10H2,1-2H3,(H,20,23)(H,21,22,24). The van der Waals surface area contributed by atoms with Crippen LogP contribution in [0.25, 0.3) is 10.6 Å². The van der Waals surface area contributed by atoms with Gasteiger partial charge in [0.25, 0.3) is 0 Å². The van der Waals surface area contributed by atoms with Crippen LogP contribution in [-0.2, 0) is 16.1 Å². The Kier molecular flexibility index (Phi) is 6.39. The first-order valence-corrected chi connectivity index (χ1v) is 10.5. The highest BCUT2D eigenvalue weighted by atomic mass is 32.1. The van der Waals surface area contributed by atoms with Crippen LogP contribution in [0.15, 0.2) is 12.1 Å². The first kappa shape index (κ1) is 19.0. The first-order chi connectivity index (χ1) is 12.5. The Morgan fingerprint density at radius 1 is 1.35 bits per heavy atom. The average Bonchev–Trinajstić information content (AvgIpc) is 3.32. The second-order valence-corrected chi connectivity index (χ2v) is 8.92. The van der Waals surface area contributed by atoms with Crippen molar-refractivity contribution in [2.75, 3.05) is 18.4 Å². The fourth-order valence-electron chi connectivity index (χ4n) is 2.97. The van der Waals surface area contributed by atoms with Gasteiger partial charge in [0.05, 0.1) is 17.1 Å². The number of carbonyl (C=O) groups is 2. The van der Waals surface area contributed by atoms with Crippen molar-refractivity contribution in [1.82, 2.24) is 15.6 Å². The minimum Gasteiger partial charge on any atom is -0.351 e. The molecule has 1 aliphatic heterocycles. The molecule has 2 aromatic rings. The van der Waals surface area contributed by atoms with Gasteiger partial charge in [-0.2, -0.15) is 0 Å². The van der Waals surface area contributed by atoms with Crippen molar-refractivity contribution in [1.29, 1.82) is 0 Å². The van der Waals surface area contributed by atoms with Crippen LogP contribution in [0.4, 0.5) is 5.13 Å². The van der Waals surface area contributed by atoms with Crippen molar-refractivity contribution in [2.24, 2.45) is 5.92 Å². The maximum absolute atomic E-state index is 12.2. The van der Waals surface area contributed by atoms with Gasteiger partial charge in [0, 0.05) is 23.1 Å². The van der Waals surface area contributed by atoms with Gasteiger partial charge in [0.1, 0.15) is 0 Å². The summed E-state index contributed by atoms with van der Waals surface area (Å²) in [5, 5.41) is 9.73. The molecule has 1 unspecified atom stereocenters. The molecule has 3 heterocycles. The summed E-state index contributed by atoms with van der Waals surface area (Å²) >= 11 is 3.12. The van der Waals surface area contributed by atoms with Crippen LogP contribution in [0.3, 0.4) is 0 Å². The van der Waals surface area contributed by atoms with Gasteiger partial charge in [0.2, 0.25) is 11.8 Å². The van der Waals surface area contributed by atoms with E-state index in [9.17, 15) is 9.59 Å². The smallest absolute Gasteiger partial charge is 0.226 e. The highest BCUT2D eigenvalue weighted by Crippen LogP contribution is 2.34. The third kappa shape index (κ3) is 5.12. The molecule has 0 spiro atoms. The molecule has 2 amide bonds. The van der Waals surface area contributed by atoms with E-state index in [2.05, 4.69) is 20.9 Å². The van der Waals surface area contributed by atoms with Crippen molar-refractivity contribution >= 4 is 39.6 Å². The minimum atomic E-state index is -0.0387. The predicted molar refractivity (Wildman–Crippen MR) is 107 cm³/mol. The highest BCUT2D eigenvalue weighted by molar-refractivity contribution is 7.18. The molecule has 0 aliphatic carbocycles. The molecule has 0 saturated carbocycles. The summed E-state index contributed by atoms with van der Waals surface area (Å²) < 4.78 is 0. The first-order valence-electron chi connectivity index (χ1n) is 8.83. The molecule has 26 heavy (non-hydrogen) atoms. The SMILES string of the molecule is CC(=O)NCc1ccc(-c2nc(NC(=O)CCC3CCNC3)sc2C)s1. The van der Waals surface area contributed by atoms with Crippen LogP contribution in [0.2, 0.25) is 0 Å². The summed E-state index contributed by atoms with van der Waals surface area (Å²) in [5.74, 6) is 0.611. The molecular weight excluding hydrogens is 368 g/mol. The van der Waals surface area contributed by atoms with Gasteiger partial charge < -0.3 is 16.0 Å². The number of hydrogen-bond acceptors (Lipinski definition) is 6. The van der Waals surface area contributed by atoms with Crippen LogP contribution in [-0.4, -0.2) is 29.9 Å². The lowest BCUT2D eigenvalue weighted by Gasteiger charge is -2.06. The van der Waals surface area contributed by atoms with Crippen LogP contribution in [0.5, 0.6) is 0 Å². The minimum absolute atomic E-state index is 0.0368. The molecule has 1 atom stereocenters. The summed E-state index contributed by atoms with van der Waals surface area (Å²) in [7, 11) is 0. The Balaban J connectivity index is 1.58. The number of amides is 2. The zero-order chi connectivity index (χ0) is 18.5. The van der Waals surface area contributed by atoms with E-state index in [1.807, 2.05) is 19.1 Å². The van der Waals surface area contributed by atoms with Crippen LogP contribution >= 0.6 is 22.7 Å². The summed E-state index contributed by atoms with van der Waals surface area (Å²) in [6.45, 7) is 6.14. The van der Waals surface area contributed by atoms with Gasteiger partial charge in [-0.1, -0.05) is 0 Å². The lowest BCUT2D eigenvalue weighted by atomic mass is 10.0. The fourth-order valence-corrected chi connectivity index (χ4v) is 4.87. The number of hydrogen-bond donors (Lipinski definition) is 3. The Labute approximate surface area is 161 Å². The molecule has 0 bridgehead atoms. The third-order valence-corrected chi connectivity index (χ3v) is 6.37. The van der Waals surface area contributed by atoms with Crippen LogP contribution < -0.4 is 16.0 Å². The zero-order valence-electron chi connectivity index (χ0n) is 15.1. The summed E-state index contributed by atoms with van der Waals surface area (Å²) in [4.78, 5) is 31.0. The molecule has 0 radical (unpaired) electrons. The number of aryl methyl sites for hydroxylation is 1. The monoisotopic (exact) mass is 392 g/mol. The molecule has 1 aliphatic rings. The lowest BCUT2D eigenvalue weighted by Crippen LogP contribution is -2.17. The second kappa shape index (κ2) is 8.75. The number of nitrogens with one attached hydrogen (secondary N) is 3. The Hall–Kier alpha value is -1.77. The summed E-state index contributed by atoms with van der Waals surface area (Å²) in [5.41, 5.74) is 0.907. The molecule has 2 aromatic heterocycles. The quantitative estimate of drug-likeness (QED) is 0.676. The normalized spacial score (nSPS) is 16.6. The average molecular weight is 393 g/mol. The molecule has 140 valence electrons. The molecule has 1 fully saturated rings. The third-order valence-electron chi connectivity index (χ3n) is 4.39. The van der Waals surface area contributed by atoms with Gasteiger partial charge in [-0.15, -0.1) is 22.7 Å². The molecule has 3 N–H and O–H groups in total. The Morgan fingerprint density at radius 3 is 2.92 bits per heavy atom. The number of thiophene rings is 1. The van der Waals surface area contributed by atoms with E-state index >= 15 is 0 Å². The topological polar surface area (TPSA) is 83.1 Å². The van der Waals surface area contributed by atoms with Gasteiger partial charge in [-0.05, 0) is 50.9 Å². The van der Waals surface area contributed by atoms with E-state index in [1.54, 1.807) is 11.3 Å². The molecular formula is C18H24N4O2S2. The number of nitrogens with zero attached hydrogens (tertiary/aromatic N) is 1. The molecule has 0 aromatic carbocycles. The number of aromatic nitrogens is 1. The van der Waals surface area contributed by atoms with Crippen molar-refractivity contribution in [3.63, 3.8) is 0 Å². The van der Waals surface area contributed by atoms with E-state index in [1.165, 1.54) is 18.3 Å². The predicted octanol–water partition coefficient (Wildman–Crippen LogP) is 3.14. The highest BCUT2D eigenvalue weighted by Gasteiger charge is 2.17. The van der Waals surface area contributed by atoms with Gasteiger partial charge in [-0.25, -0.2) is 4.98 Å². The van der Waals surface area contributed by atoms with Crippen LogP contribution in [0, 0.1) is 12.8 Å². The zero-order valence-corrected chi connectivity index (χ0v) is 16.7. The summed E-state index contributed by atoms with van der Waals surface area (Å²) in [6, 6.07) is 4.02. The van der Waals surface area contributed by atoms with Crippen molar-refractivity contribution < 1.29 is 9.59 Å². The van der Waals surface area contributed by atoms with Crippen molar-refractivity contribution in [2.45, 2.75) is 39.7 Å². The number of carbonyl (C=O) groups excluding carboxylic acids is 2. The second-order valence-electron chi connectivity index (χ2n) is 6.55. The van der Waals surface area contributed by atoms with E-state index in [0.717, 1.165) is 46.3 Å². The van der Waals surface area contributed by atoms with Crippen molar-refractivity contribution in [3.05, 3.63) is 21.9 Å². The number of anilines is 1. The molecule has 6 nitrogen and oxygen atoms in total. The largest absolute Gasteiger partial charge is 0.351 e. The molecule has 3 rings (SSSR count).